The van der Waals surface area contributed by atoms with Crippen LogP contribution in [0.2, 0.25) is 10.0 Å². The molecule has 0 saturated carbocycles. The molecule has 0 radical (unpaired) electrons. The van der Waals surface area contributed by atoms with E-state index in [0.717, 1.165) is 17.8 Å². The lowest BCUT2D eigenvalue weighted by molar-refractivity contribution is -0.137. The molecule has 2 unspecified atom stereocenters. The fraction of sp³-hybridized carbons (Fsp3) is 0.474. The Hall–Kier alpha value is -1.50. The van der Waals surface area contributed by atoms with Gasteiger partial charge in [-0.25, -0.2) is 4.79 Å². The fourth-order valence-corrected chi connectivity index (χ4v) is 5.30. The quantitative estimate of drug-likeness (QED) is 0.649. The number of hydrogen-bond acceptors (Lipinski definition) is 5. The highest BCUT2D eigenvalue weighted by atomic mass is 35.5. The van der Waals surface area contributed by atoms with E-state index < -0.39 is 5.97 Å². The number of benzene rings is 1. The number of methoxy groups -OCH3 is 1. The number of fused-ring (bicyclic) bond motifs is 1. The van der Waals surface area contributed by atoms with Crippen LogP contribution in [0.15, 0.2) is 12.1 Å². The number of carbonyl (C=O) groups excluding carboxylic acids is 2. The van der Waals surface area contributed by atoms with E-state index in [9.17, 15) is 9.59 Å². The third-order valence-electron chi connectivity index (χ3n) is 4.66. The molecule has 27 heavy (non-hydrogen) atoms. The SMILES string of the molecule is COc1ccc2c(Cl)c(C(=O)OCC(=O)N3CC(C)CC(C)C3)sc2c1Cl. The van der Waals surface area contributed by atoms with E-state index in [1.807, 2.05) is 0 Å². The molecule has 1 saturated heterocycles. The molecule has 2 atom stereocenters. The van der Waals surface area contributed by atoms with Crippen molar-refractivity contribution >= 4 is 56.5 Å². The van der Waals surface area contributed by atoms with Crippen LogP contribution in [0.3, 0.4) is 0 Å². The zero-order valence-electron chi connectivity index (χ0n) is 15.4. The molecule has 1 aromatic heterocycles. The minimum absolute atomic E-state index is 0.182. The molecule has 5 nitrogen and oxygen atoms in total. The number of hydrogen-bond donors (Lipinski definition) is 0. The number of carbonyl (C=O) groups is 2. The van der Waals surface area contributed by atoms with E-state index in [0.29, 0.717) is 45.8 Å². The average molecular weight is 430 g/mol. The first kappa shape index (κ1) is 20.2. The normalized spacial score (nSPS) is 20.0. The highest BCUT2D eigenvalue weighted by Gasteiger charge is 2.27. The topological polar surface area (TPSA) is 55.8 Å². The van der Waals surface area contributed by atoms with Crippen molar-refractivity contribution in [3.63, 3.8) is 0 Å². The van der Waals surface area contributed by atoms with Crippen LogP contribution in [0.25, 0.3) is 10.1 Å². The minimum atomic E-state index is -0.623. The summed E-state index contributed by atoms with van der Waals surface area (Å²) in [5.74, 6) is 0.594. The van der Waals surface area contributed by atoms with Crippen molar-refractivity contribution in [2.45, 2.75) is 20.3 Å². The Bertz CT molecular complexity index is 872. The van der Waals surface area contributed by atoms with Gasteiger partial charge < -0.3 is 14.4 Å². The summed E-state index contributed by atoms with van der Waals surface area (Å²) in [5, 5.41) is 1.33. The smallest absolute Gasteiger partial charge is 0.350 e. The summed E-state index contributed by atoms with van der Waals surface area (Å²) >= 11 is 13.8. The Balaban J connectivity index is 1.72. The lowest BCUT2D eigenvalue weighted by Gasteiger charge is -2.34. The average Bonchev–Trinajstić information content (AvgIpc) is 2.96. The Morgan fingerprint density at radius 2 is 1.85 bits per heavy atom. The van der Waals surface area contributed by atoms with Crippen LogP contribution in [-0.2, 0) is 9.53 Å². The molecule has 0 N–H and O–H groups in total. The van der Waals surface area contributed by atoms with Gasteiger partial charge in [0, 0.05) is 18.5 Å². The molecule has 2 aromatic rings. The number of halogens is 2. The van der Waals surface area contributed by atoms with Gasteiger partial charge in [-0.05, 0) is 30.4 Å². The van der Waals surface area contributed by atoms with Crippen molar-refractivity contribution in [3.8, 4) is 5.75 Å². The van der Waals surface area contributed by atoms with Gasteiger partial charge in [0.1, 0.15) is 15.6 Å². The lowest BCUT2D eigenvalue weighted by Crippen LogP contribution is -2.44. The van der Waals surface area contributed by atoms with Crippen molar-refractivity contribution in [1.82, 2.24) is 4.90 Å². The summed E-state index contributed by atoms with van der Waals surface area (Å²) in [6, 6.07) is 3.44. The Labute approximate surface area is 172 Å². The van der Waals surface area contributed by atoms with Gasteiger partial charge in [0.15, 0.2) is 6.61 Å². The first-order valence-electron chi connectivity index (χ1n) is 8.71. The monoisotopic (exact) mass is 429 g/mol. The highest BCUT2D eigenvalue weighted by Crippen LogP contribution is 2.43. The standard InChI is InChI=1S/C19H21Cl2NO4S/c1-10-6-11(2)8-22(7-10)14(23)9-26-19(24)18-15(20)12-4-5-13(25-3)16(21)17(12)27-18/h4-5,10-11H,6-9H2,1-3H3. The summed E-state index contributed by atoms with van der Waals surface area (Å²) in [6.07, 6.45) is 1.10. The number of piperidine rings is 1. The summed E-state index contributed by atoms with van der Waals surface area (Å²) in [5.41, 5.74) is 0. The molecule has 1 aliphatic rings. The van der Waals surface area contributed by atoms with Gasteiger partial charge in [0.2, 0.25) is 0 Å². The molecule has 1 aliphatic heterocycles. The first-order chi connectivity index (χ1) is 12.8. The molecule has 146 valence electrons. The fourth-order valence-electron chi connectivity index (χ4n) is 3.52. The van der Waals surface area contributed by atoms with Crippen LogP contribution in [0.1, 0.15) is 29.9 Å². The van der Waals surface area contributed by atoms with Crippen molar-refractivity contribution in [1.29, 1.82) is 0 Å². The number of thiophene rings is 1. The molecule has 2 heterocycles. The largest absolute Gasteiger partial charge is 0.495 e. The second-order valence-electron chi connectivity index (χ2n) is 7.02. The summed E-state index contributed by atoms with van der Waals surface area (Å²) in [4.78, 5) is 26.9. The number of esters is 1. The van der Waals surface area contributed by atoms with Crippen molar-refractivity contribution in [3.05, 3.63) is 27.1 Å². The van der Waals surface area contributed by atoms with E-state index in [4.69, 9.17) is 32.7 Å². The molecule has 1 fully saturated rings. The number of rotatable bonds is 4. The van der Waals surface area contributed by atoms with Crippen molar-refractivity contribution in [2.75, 3.05) is 26.8 Å². The highest BCUT2D eigenvalue weighted by molar-refractivity contribution is 7.22. The van der Waals surface area contributed by atoms with Crippen molar-refractivity contribution in [2.24, 2.45) is 11.8 Å². The van der Waals surface area contributed by atoms with Crippen LogP contribution >= 0.6 is 34.5 Å². The maximum Gasteiger partial charge on any atom is 0.350 e. The number of ether oxygens (including phenoxy) is 2. The molecule has 1 amide bonds. The van der Waals surface area contributed by atoms with Gasteiger partial charge in [-0.3, -0.25) is 4.79 Å². The first-order valence-corrected chi connectivity index (χ1v) is 10.3. The zero-order valence-corrected chi connectivity index (χ0v) is 17.7. The molecule has 0 spiro atoms. The van der Waals surface area contributed by atoms with E-state index in [1.165, 1.54) is 7.11 Å². The molecule has 1 aromatic carbocycles. The molecular formula is C19H21Cl2NO4S. The predicted molar refractivity (Wildman–Crippen MR) is 108 cm³/mol. The molecule has 3 rings (SSSR count). The maximum atomic E-state index is 12.5. The molecular weight excluding hydrogens is 409 g/mol. The van der Waals surface area contributed by atoms with Gasteiger partial charge in [-0.2, -0.15) is 0 Å². The van der Waals surface area contributed by atoms with Crippen LogP contribution in [0.4, 0.5) is 0 Å². The van der Waals surface area contributed by atoms with Crippen LogP contribution < -0.4 is 4.74 Å². The van der Waals surface area contributed by atoms with E-state index >= 15 is 0 Å². The van der Waals surface area contributed by atoms with Gasteiger partial charge in [-0.15, -0.1) is 11.3 Å². The number of nitrogens with zero attached hydrogens (tertiary/aromatic N) is 1. The molecule has 0 aliphatic carbocycles. The Morgan fingerprint density at radius 1 is 1.19 bits per heavy atom. The second-order valence-corrected chi connectivity index (χ2v) is 8.80. The third kappa shape index (κ3) is 4.18. The second kappa shape index (κ2) is 8.25. The van der Waals surface area contributed by atoms with Gasteiger partial charge in [0.05, 0.1) is 16.8 Å². The van der Waals surface area contributed by atoms with Gasteiger partial charge in [-0.1, -0.05) is 37.0 Å². The van der Waals surface area contributed by atoms with Gasteiger partial charge >= 0.3 is 5.97 Å². The summed E-state index contributed by atoms with van der Waals surface area (Å²) in [6.45, 7) is 5.34. The van der Waals surface area contributed by atoms with Gasteiger partial charge in [0.25, 0.3) is 5.91 Å². The zero-order chi connectivity index (χ0) is 19.7. The van der Waals surface area contributed by atoms with Crippen molar-refractivity contribution < 1.29 is 19.1 Å². The molecule has 0 bridgehead atoms. The van der Waals surface area contributed by atoms with Crippen LogP contribution in [0, 0.1) is 11.8 Å². The van der Waals surface area contributed by atoms with Crippen LogP contribution in [-0.4, -0.2) is 43.6 Å². The Morgan fingerprint density at radius 3 is 2.48 bits per heavy atom. The minimum Gasteiger partial charge on any atom is -0.495 e. The lowest BCUT2D eigenvalue weighted by atomic mass is 9.92. The summed E-state index contributed by atoms with van der Waals surface area (Å²) in [7, 11) is 1.52. The van der Waals surface area contributed by atoms with E-state index in [1.54, 1.807) is 17.0 Å². The number of likely N-dealkylation sites (tertiary alicyclic amines) is 1. The maximum absolute atomic E-state index is 12.5. The third-order valence-corrected chi connectivity index (χ3v) is 6.85. The predicted octanol–water partition coefficient (Wildman–Crippen LogP) is 4.88. The Kier molecular flexibility index (Phi) is 6.18. The van der Waals surface area contributed by atoms with E-state index in [2.05, 4.69) is 13.8 Å². The number of amides is 1. The summed E-state index contributed by atoms with van der Waals surface area (Å²) < 4.78 is 11.1. The molecule has 8 heteroatoms. The van der Waals surface area contributed by atoms with E-state index in [-0.39, 0.29) is 22.4 Å². The van der Waals surface area contributed by atoms with Crippen LogP contribution in [0.5, 0.6) is 5.75 Å².